The molecule has 0 aliphatic heterocycles. The minimum Gasteiger partial charge on any atom is -0.454 e. The summed E-state index contributed by atoms with van der Waals surface area (Å²) in [6.45, 7) is 4.36. The second kappa shape index (κ2) is 5.14. The Balaban J connectivity index is 0.00000133. The Morgan fingerprint density at radius 1 is 0.947 bits per heavy atom. The van der Waals surface area contributed by atoms with Crippen LogP contribution in [0.15, 0.2) is 46.9 Å². The summed E-state index contributed by atoms with van der Waals surface area (Å²) in [5.74, 6) is 0. The largest absolute Gasteiger partial charge is 0.454 e. The van der Waals surface area contributed by atoms with Crippen LogP contribution in [0.5, 0.6) is 0 Å². The van der Waals surface area contributed by atoms with E-state index in [4.69, 9.17) is 4.42 Å². The van der Waals surface area contributed by atoms with E-state index in [-0.39, 0.29) is 12.4 Å². The second-order valence-electron chi connectivity index (χ2n) is 4.96. The normalized spacial score (nSPS) is 10.9. The Morgan fingerprint density at radius 3 is 2.37 bits per heavy atom. The lowest BCUT2D eigenvalue weighted by Gasteiger charge is -2.23. The van der Waals surface area contributed by atoms with Crippen molar-refractivity contribution >= 4 is 40.0 Å². The van der Waals surface area contributed by atoms with Crippen molar-refractivity contribution in [3.8, 4) is 0 Å². The zero-order valence-corrected chi connectivity index (χ0v) is 12.2. The average Bonchev–Trinajstić information content (AvgIpc) is 2.76. The van der Waals surface area contributed by atoms with Gasteiger partial charge in [0, 0.05) is 23.9 Å². The van der Waals surface area contributed by atoms with Gasteiger partial charge in [-0.2, -0.15) is 0 Å². The first kappa shape index (κ1) is 13.8. The summed E-state index contributed by atoms with van der Waals surface area (Å²) in [5.41, 5.74) is 3.09. The second-order valence-corrected chi connectivity index (χ2v) is 4.96. The number of para-hydroxylation sites is 2. The van der Waals surface area contributed by atoms with E-state index in [2.05, 4.69) is 56.1 Å². The van der Waals surface area contributed by atoms with Crippen LogP contribution in [0.4, 0.5) is 5.69 Å². The molecule has 0 aliphatic carbocycles. The topological polar surface area (TPSA) is 16.4 Å². The maximum atomic E-state index is 6.01. The number of fused-ring (bicyclic) bond motifs is 3. The van der Waals surface area contributed by atoms with Crippen molar-refractivity contribution in [1.29, 1.82) is 0 Å². The number of anilines is 1. The molecule has 0 amide bonds. The van der Waals surface area contributed by atoms with Gasteiger partial charge in [-0.3, -0.25) is 0 Å². The summed E-state index contributed by atoms with van der Waals surface area (Å²) in [6, 6.07) is 15.0. The first-order valence-electron chi connectivity index (χ1n) is 6.31. The number of furan rings is 1. The van der Waals surface area contributed by atoms with Crippen LogP contribution in [-0.2, 0) is 0 Å². The molecule has 0 saturated carbocycles. The summed E-state index contributed by atoms with van der Waals surface area (Å²) in [6.07, 6.45) is 0. The fourth-order valence-corrected chi connectivity index (χ4v) is 2.29. The van der Waals surface area contributed by atoms with E-state index >= 15 is 0 Å². The van der Waals surface area contributed by atoms with E-state index in [9.17, 15) is 0 Å². The average molecular weight is 276 g/mol. The fraction of sp³-hybridized carbons (Fsp3) is 0.250. The monoisotopic (exact) mass is 275 g/mol. The minimum absolute atomic E-state index is 0. The number of hydrogen-bond donors (Lipinski definition) is 0. The molecule has 0 radical (unpaired) electrons. The minimum atomic E-state index is 0. The molecule has 3 rings (SSSR count). The molecular weight excluding hydrogens is 258 g/mol. The Bertz CT molecular complexity index is 702. The van der Waals surface area contributed by atoms with Crippen LogP contribution in [0.25, 0.3) is 21.9 Å². The van der Waals surface area contributed by atoms with E-state index < -0.39 is 0 Å². The Kier molecular flexibility index (Phi) is 3.72. The van der Waals surface area contributed by atoms with E-state index in [1.807, 2.05) is 12.1 Å². The lowest BCUT2D eigenvalue weighted by molar-refractivity contribution is 0.661. The molecule has 3 aromatic rings. The molecule has 0 aliphatic rings. The van der Waals surface area contributed by atoms with Crippen LogP contribution in [0.1, 0.15) is 13.8 Å². The Morgan fingerprint density at radius 2 is 1.63 bits per heavy atom. The van der Waals surface area contributed by atoms with E-state index in [1.165, 1.54) is 10.8 Å². The molecule has 19 heavy (non-hydrogen) atoms. The highest BCUT2D eigenvalue weighted by Crippen LogP contribution is 2.34. The number of hydrogen-bond acceptors (Lipinski definition) is 2. The summed E-state index contributed by atoms with van der Waals surface area (Å²) in [5, 5.41) is 2.38. The van der Waals surface area contributed by atoms with Gasteiger partial charge in [-0.25, -0.2) is 0 Å². The number of benzene rings is 2. The van der Waals surface area contributed by atoms with Crippen molar-refractivity contribution in [2.75, 3.05) is 11.9 Å². The van der Waals surface area contributed by atoms with Crippen molar-refractivity contribution in [2.45, 2.75) is 19.9 Å². The van der Waals surface area contributed by atoms with Crippen molar-refractivity contribution in [3.05, 3.63) is 42.5 Å². The summed E-state index contributed by atoms with van der Waals surface area (Å²) < 4.78 is 6.01. The molecule has 2 nitrogen and oxygen atoms in total. The molecule has 0 saturated heterocycles. The van der Waals surface area contributed by atoms with Crippen LogP contribution in [0.2, 0.25) is 0 Å². The standard InChI is InChI=1S/C16H17NO.ClH/c1-11(2)17(3)14-9-6-8-13-12-7-4-5-10-15(12)18-16(13)14;/h4-11H,1-3H3;1H. The molecular formula is C16H18ClNO. The van der Waals surface area contributed by atoms with Gasteiger partial charge in [0.1, 0.15) is 5.58 Å². The third-order valence-electron chi connectivity index (χ3n) is 3.54. The summed E-state index contributed by atoms with van der Waals surface area (Å²) in [4.78, 5) is 2.24. The molecule has 2 aromatic carbocycles. The van der Waals surface area contributed by atoms with Crippen molar-refractivity contribution < 1.29 is 4.42 Å². The van der Waals surface area contributed by atoms with Gasteiger partial charge < -0.3 is 9.32 Å². The van der Waals surface area contributed by atoms with Crippen molar-refractivity contribution in [3.63, 3.8) is 0 Å². The van der Waals surface area contributed by atoms with Gasteiger partial charge in [-0.15, -0.1) is 12.4 Å². The quantitative estimate of drug-likeness (QED) is 0.664. The lowest BCUT2D eigenvalue weighted by atomic mass is 10.1. The van der Waals surface area contributed by atoms with Crippen molar-refractivity contribution in [2.24, 2.45) is 0 Å². The van der Waals surface area contributed by atoms with E-state index in [0.717, 1.165) is 16.9 Å². The van der Waals surface area contributed by atoms with Gasteiger partial charge in [-0.1, -0.05) is 30.3 Å². The van der Waals surface area contributed by atoms with Crippen LogP contribution in [-0.4, -0.2) is 13.1 Å². The zero-order chi connectivity index (χ0) is 12.7. The van der Waals surface area contributed by atoms with Gasteiger partial charge >= 0.3 is 0 Å². The third-order valence-corrected chi connectivity index (χ3v) is 3.54. The van der Waals surface area contributed by atoms with Gasteiger partial charge in [0.15, 0.2) is 5.58 Å². The number of nitrogens with zero attached hydrogens (tertiary/aromatic N) is 1. The van der Waals surface area contributed by atoms with Crippen LogP contribution < -0.4 is 4.90 Å². The Hall–Kier alpha value is -1.67. The highest BCUT2D eigenvalue weighted by molar-refractivity contribution is 6.08. The Labute approximate surface area is 119 Å². The van der Waals surface area contributed by atoms with Crippen LogP contribution >= 0.6 is 12.4 Å². The lowest BCUT2D eigenvalue weighted by Crippen LogP contribution is -2.25. The molecule has 0 spiro atoms. The molecule has 0 N–H and O–H groups in total. The van der Waals surface area contributed by atoms with E-state index in [1.54, 1.807) is 0 Å². The van der Waals surface area contributed by atoms with Crippen LogP contribution in [0, 0.1) is 0 Å². The van der Waals surface area contributed by atoms with Gasteiger partial charge in [0.2, 0.25) is 0 Å². The first-order chi connectivity index (χ1) is 8.68. The fourth-order valence-electron chi connectivity index (χ4n) is 2.29. The maximum absolute atomic E-state index is 6.01. The maximum Gasteiger partial charge on any atom is 0.158 e. The molecule has 0 unspecified atom stereocenters. The molecule has 3 heteroatoms. The highest BCUT2D eigenvalue weighted by atomic mass is 35.5. The molecule has 1 heterocycles. The predicted octanol–water partition coefficient (Wildman–Crippen LogP) is 4.85. The number of rotatable bonds is 2. The summed E-state index contributed by atoms with van der Waals surface area (Å²) >= 11 is 0. The molecule has 0 atom stereocenters. The smallest absolute Gasteiger partial charge is 0.158 e. The van der Waals surface area contributed by atoms with Gasteiger partial charge in [0.05, 0.1) is 5.69 Å². The third kappa shape index (κ3) is 2.17. The predicted molar refractivity (Wildman–Crippen MR) is 84.5 cm³/mol. The molecule has 0 fully saturated rings. The van der Waals surface area contributed by atoms with Gasteiger partial charge in [0.25, 0.3) is 0 Å². The SMILES string of the molecule is CC(C)N(C)c1cccc2c1oc1ccccc12.Cl. The molecule has 1 aromatic heterocycles. The van der Waals surface area contributed by atoms with Crippen molar-refractivity contribution in [1.82, 2.24) is 0 Å². The highest BCUT2D eigenvalue weighted by Gasteiger charge is 2.14. The van der Waals surface area contributed by atoms with E-state index in [0.29, 0.717) is 6.04 Å². The van der Waals surface area contributed by atoms with Crippen LogP contribution in [0.3, 0.4) is 0 Å². The first-order valence-corrected chi connectivity index (χ1v) is 6.31. The molecule has 0 bridgehead atoms. The summed E-state index contributed by atoms with van der Waals surface area (Å²) in [7, 11) is 2.10. The number of halogens is 1. The molecule has 100 valence electrons. The van der Waals surface area contributed by atoms with Gasteiger partial charge in [-0.05, 0) is 26.0 Å². The zero-order valence-electron chi connectivity index (χ0n) is 11.4.